The van der Waals surface area contributed by atoms with Gasteiger partial charge in [-0.2, -0.15) is 0 Å². The molecule has 1 heterocycles. The van der Waals surface area contributed by atoms with Gasteiger partial charge in [-0.05, 0) is 118 Å². The van der Waals surface area contributed by atoms with Gasteiger partial charge in [-0.3, -0.25) is 0 Å². The molecule has 4 nitrogen and oxygen atoms in total. The molecule has 4 bridgehead atoms. The number of hydrogen-bond acceptors (Lipinski definition) is 4. The van der Waals surface area contributed by atoms with Crippen molar-refractivity contribution in [1.29, 1.82) is 0 Å². The summed E-state index contributed by atoms with van der Waals surface area (Å²) in [6.45, 7) is 17.7. The lowest BCUT2D eigenvalue weighted by atomic mass is 9.39. The number of hydrogen-bond donors (Lipinski definition) is 0. The van der Waals surface area contributed by atoms with E-state index in [1.165, 1.54) is 24.8 Å². The van der Waals surface area contributed by atoms with Gasteiger partial charge in [-0.25, -0.2) is 4.39 Å². The molecule has 0 amide bonds. The van der Waals surface area contributed by atoms with E-state index in [2.05, 4.69) is 73.6 Å². The predicted molar refractivity (Wildman–Crippen MR) is 163 cm³/mol. The highest BCUT2D eigenvalue weighted by molar-refractivity contribution is 6.64. The largest absolute Gasteiger partial charge is 0.495 e. The zero-order chi connectivity index (χ0) is 29.6. The molecule has 41 heavy (non-hydrogen) atoms. The lowest BCUT2D eigenvalue weighted by molar-refractivity contribution is -0.110. The molecule has 2 aromatic carbocycles. The highest BCUT2D eigenvalue weighted by Crippen LogP contribution is 2.70. The quantitative estimate of drug-likeness (QED) is 0.252. The average Bonchev–Trinajstić information content (AvgIpc) is 3.06. The van der Waals surface area contributed by atoms with Gasteiger partial charge in [0.25, 0.3) is 0 Å². The standard InChI is InChI=1S/C35H48BFO4/c1-22(2)24-10-11-26(29(12-24)36-40-31(3,4)32(5,6)41-36)27-13-25(37)14-28(30(27)39-21-38-9)35-17-23-15-33(7,19-35)18-34(8,16-23)20-35/h10-14,22-23H,15-21H2,1-9H3/t23?,33-,34+,35?. The molecule has 6 heteroatoms. The summed E-state index contributed by atoms with van der Waals surface area (Å²) in [5.41, 5.74) is 4.24. The van der Waals surface area contributed by atoms with E-state index in [0.717, 1.165) is 47.2 Å². The van der Waals surface area contributed by atoms with Crippen molar-refractivity contribution < 1.29 is 23.2 Å². The van der Waals surface area contributed by atoms with E-state index in [4.69, 9.17) is 18.8 Å². The second-order valence-electron chi connectivity index (χ2n) is 15.9. The molecule has 5 aliphatic rings. The van der Waals surface area contributed by atoms with Crippen LogP contribution in [-0.2, 0) is 19.5 Å². The number of rotatable bonds is 7. The molecule has 222 valence electrons. The van der Waals surface area contributed by atoms with E-state index >= 15 is 4.39 Å². The van der Waals surface area contributed by atoms with Gasteiger partial charge >= 0.3 is 7.12 Å². The van der Waals surface area contributed by atoms with Crippen LogP contribution < -0.4 is 10.2 Å². The van der Waals surface area contributed by atoms with Crippen LogP contribution in [-0.4, -0.2) is 32.2 Å². The number of halogens is 1. The van der Waals surface area contributed by atoms with Crippen LogP contribution in [0.1, 0.15) is 111 Å². The van der Waals surface area contributed by atoms with Crippen molar-refractivity contribution in [3.63, 3.8) is 0 Å². The van der Waals surface area contributed by atoms with Crippen molar-refractivity contribution in [3.8, 4) is 16.9 Å². The highest BCUT2D eigenvalue weighted by atomic mass is 19.1. The van der Waals surface area contributed by atoms with Gasteiger partial charge in [0.15, 0.2) is 6.79 Å². The van der Waals surface area contributed by atoms with E-state index < -0.39 is 18.3 Å². The molecule has 4 saturated carbocycles. The maximum Gasteiger partial charge on any atom is 0.495 e. The summed E-state index contributed by atoms with van der Waals surface area (Å²) in [5, 5.41) is 0. The zero-order valence-electron chi connectivity index (χ0n) is 26.6. The Bertz CT molecular complexity index is 1320. The first-order valence-electron chi connectivity index (χ1n) is 15.5. The molecule has 0 spiro atoms. The lowest BCUT2D eigenvalue weighted by Crippen LogP contribution is -2.57. The average molecular weight is 563 g/mol. The normalized spacial score (nSPS) is 33.1. The minimum absolute atomic E-state index is 0.106. The smallest absolute Gasteiger partial charge is 0.467 e. The number of methoxy groups -OCH3 is 1. The molecular weight excluding hydrogens is 514 g/mol. The van der Waals surface area contributed by atoms with Crippen LogP contribution in [0.4, 0.5) is 4.39 Å². The van der Waals surface area contributed by atoms with E-state index in [0.29, 0.717) is 11.8 Å². The third-order valence-corrected chi connectivity index (χ3v) is 11.1. The van der Waals surface area contributed by atoms with Gasteiger partial charge in [0.2, 0.25) is 0 Å². The van der Waals surface area contributed by atoms with Crippen LogP contribution in [0.3, 0.4) is 0 Å². The van der Waals surface area contributed by atoms with Crippen molar-refractivity contribution in [1.82, 2.24) is 0 Å². The molecule has 0 N–H and O–H groups in total. The Morgan fingerprint density at radius 2 is 1.51 bits per heavy atom. The number of benzene rings is 2. The third-order valence-electron chi connectivity index (χ3n) is 11.1. The van der Waals surface area contributed by atoms with E-state index in [-0.39, 0.29) is 28.9 Å². The Morgan fingerprint density at radius 1 is 0.878 bits per heavy atom. The Balaban J connectivity index is 1.55. The van der Waals surface area contributed by atoms with Crippen molar-refractivity contribution in [3.05, 3.63) is 47.3 Å². The molecular formula is C35H48BFO4. The summed E-state index contributed by atoms with van der Waals surface area (Å²) >= 11 is 0. The summed E-state index contributed by atoms with van der Waals surface area (Å²) in [4.78, 5) is 0. The Morgan fingerprint density at radius 3 is 2.07 bits per heavy atom. The lowest BCUT2D eigenvalue weighted by Gasteiger charge is -2.65. The van der Waals surface area contributed by atoms with Crippen molar-refractivity contribution >= 4 is 12.6 Å². The highest BCUT2D eigenvalue weighted by Gasteiger charge is 2.61. The first-order chi connectivity index (χ1) is 19.1. The van der Waals surface area contributed by atoms with Crippen molar-refractivity contribution in [2.75, 3.05) is 13.9 Å². The summed E-state index contributed by atoms with van der Waals surface area (Å²) in [6, 6.07) is 9.84. The van der Waals surface area contributed by atoms with Crippen LogP contribution in [0, 0.1) is 22.6 Å². The third kappa shape index (κ3) is 4.86. The van der Waals surface area contributed by atoms with Crippen LogP contribution in [0.15, 0.2) is 30.3 Å². The van der Waals surface area contributed by atoms with Gasteiger partial charge < -0.3 is 18.8 Å². The monoisotopic (exact) mass is 562 g/mol. The Kier molecular flexibility index (Phi) is 6.81. The minimum Gasteiger partial charge on any atom is -0.467 e. The second-order valence-corrected chi connectivity index (χ2v) is 15.9. The van der Waals surface area contributed by atoms with Crippen molar-refractivity contribution in [2.45, 2.75) is 116 Å². The molecule has 2 unspecified atom stereocenters. The maximum absolute atomic E-state index is 15.9. The predicted octanol–water partition coefficient (Wildman–Crippen LogP) is 8.15. The fraction of sp³-hybridized carbons (Fsp3) is 0.657. The summed E-state index contributed by atoms with van der Waals surface area (Å²) < 4.78 is 41.0. The van der Waals surface area contributed by atoms with Crippen LogP contribution in [0.5, 0.6) is 5.75 Å². The maximum atomic E-state index is 15.9. The Labute approximate surface area is 246 Å². The first-order valence-corrected chi connectivity index (χ1v) is 15.5. The molecule has 1 saturated heterocycles. The van der Waals surface area contributed by atoms with Gasteiger partial charge in [0, 0.05) is 23.7 Å². The van der Waals surface area contributed by atoms with Gasteiger partial charge in [0.1, 0.15) is 11.6 Å². The zero-order valence-corrected chi connectivity index (χ0v) is 26.6. The summed E-state index contributed by atoms with van der Waals surface area (Å²) in [5.74, 6) is 1.52. The topological polar surface area (TPSA) is 36.9 Å². The molecule has 0 radical (unpaired) electrons. The van der Waals surface area contributed by atoms with E-state index in [1.54, 1.807) is 19.2 Å². The number of ether oxygens (including phenoxy) is 2. The van der Waals surface area contributed by atoms with E-state index in [9.17, 15) is 0 Å². The van der Waals surface area contributed by atoms with Gasteiger partial charge in [0.05, 0.1) is 11.2 Å². The SMILES string of the molecule is COCOc1c(-c2ccc(C(C)C)cc2B2OC(C)(C)C(C)(C)O2)cc(F)cc1C12CC3C[C@@](C)(C1)C[C@](C)(C3)C2. The molecule has 4 aliphatic carbocycles. The fourth-order valence-corrected chi connectivity index (χ4v) is 9.56. The van der Waals surface area contributed by atoms with E-state index in [1.807, 2.05) is 0 Å². The van der Waals surface area contributed by atoms with Crippen LogP contribution in [0.2, 0.25) is 0 Å². The molecule has 2 aromatic rings. The van der Waals surface area contributed by atoms with Gasteiger partial charge in [-0.1, -0.05) is 45.9 Å². The molecule has 1 aliphatic heterocycles. The van der Waals surface area contributed by atoms with Gasteiger partial charge in [-0.15, -0.1) is 0 Å². The second kappa shape index (κ2) is 9.56. The van der Waals surface area contributed by atoms with Crippen LogP contribution >= 0.6 is 0 Å². The van der Waals surface area contributed by atoms with Crippen molar-refractivity contribution in [2.24, 2.45) is 16.7 Å². The minimum atomic E-state index is -0.576. The Hall–Kier alpha value is -1.89. The summed E-state index contributed by atoms with van der Waals surface area (Å²) in [6.07, 6.45) is 7.08. The molecule has 5 fully saturated rings. The molecule has 4 atom stereocenters. The molecule has 0 aromatic heterocycles. The fourth-order valence-electron chi connectivity index (χ4n) is 9.56. The summed E-state index contributed by atoms with van der Waals surface area (Å²) in [7, 11) is 1.07. The van der Waals surface area contributed by atoms with Crippen LogP contribution in [0.25, 0.3) is 11.1 Å². The first kappa shape index (κ1) is 29.2. The molecule has 7 rings (SSSR count).